The number of halogens is 1. The summed E-state index contributed by atoms with van der Waals surface area (Å²) in [6.45, 7) is 2.52. The van der Waals surface area contributed by atoms with Gasteiger partial charge < -0.3 is 10.1 Å². The number of nitrogens with one attached hydrogen (secondary N) is 1. The van der Waals surface area contributed by atoms with Gasteiger partial charge in [-0.05, 0) is 30.5 Å². The third-order valence-electron chi connectivity index (χ3n) is 3.00. The highest BCUT2D eigenvalue weighted by Gasteiger charge is 2.30. The van der Waals surface area contributed by atoms with Gasteiger partial charge in [-0.1, -0.05) is 6.92 Å². The van der Waals surface area contributed by atoms with Crippen LogP contribution >= 0.6 is 0 Å². The molecule has 0 saturated carbocycles. The van der Waals surface area contributed by atoms with Gasteiger partial charge in [0.15, 0.2) is 0 Å². The van der Waals surface area contributed by atoms with Gasteiger partial charge in [0.2, 0.25) is 0 Å². The Morgan fingerprint density at radius 1 is 1.61 bits per heavy atom. The lowest BCUT2D eigenvalue weighted by Gasteiger charge is -2.14. The molecule has 4 nitrogen and oxygen atoms in total. The molecule has 1 N–H and O–H groups in total. The number of nitriles is 1. The number of carbonyl (C=O) groups is 1. The summed E-state index contributed by atoms with van der Waals surface area (Å²) in [5.41, 5.74) is 0.314. The van der Waals surface area contributed by atoms with E-state index in [0.717, 1.165) is 12.5 Å². The maximum absolute atomic E-state index is 13.1. The summed E-state index contributed by atoms with van der Waals surface area (Å²) >= 11 is 0. The Balaban J connectivity index is 2.10. The predicted molar refractivity (Wildman–Crippen MR) is 63.3 cm³/mol. The number of hydrogen-bond donors (Lipinski definition) is 1. The topological polar surface area (TPSA) is 62.1 Å². The predicted octanol–water partition coefficient (Wildman–Crippen LogP) is 2.06. The van der Waals surface area contributed by atoms with Crippen molar-refractivity contribution < 1.29 is 13.9 Å². The second kappa shape index (κ2) is 5.15. The first-order chi connectivity index (χ1) is 8.61. The van der Waals surface area contributed by atoms with Crippen LogP contribution in [-0.4, -0.2) is 18.6 Å². The zero-order chi connectivity index (χ0) is 13.1. The highest BCUT2D eigenvalue weighted by molar-refractivity contribution is 5.94. The van der Waals surface area contributed by atoms with Crippen LogP contribution < -0.4 is 5.32 Å². The molecule has 5 heteroatoms. The number of hydrogen-bond acceptors (Lipinski definition) is 3. The van der Waals surface area contributed by atoms with Crippen molar-refractivity contribution in [2.75, 3.05) is 11.9 Å². The van der Waals surface area contributed by atoms with Crippen molar-refractivity contribution in [3.8, 4) is 6.07 Å². The van der Waals surface area contributed by atoms with Crippen LogP contribution in [0.4, 0.5) is 10.1 Å². The molecule has 18 heavy (non-hydrogen) atoms. The summed E-state index contributed by atoms with van der Waals surface area (Å²) < 4.78 is 18.4. The molecule has 1 aliphatic rings. The zero-order valence-corrected chi connectivity index (χ0v) is 9.94. The van der Waals surface area contributed by atoms with Crippen LogP contribution in [-0.2, 0) is 9.53 Å². The lowest BCUT2D eigenvalue weighted by molar-refractivity contribution is -0.126. The summed E-state index contributed by atoms with van der Waals surface area (Å²) in [7, 11) is 0. The van der Waals surface area contributed by atoms with E-state index < -0.39 is 11.9 Å². The van der Waals surface area contributed by atoms with E-state index in [-0.39, 0.29) is 17.4 Å². The molecule has 1 aliphatic heterocycles. The molecular weight excluding hydrogens is 235 g/mol. The number of benzene rings is 1. The lowest BCUT2D eigenvalue weighted by Crippen LogP contribution is -2.31. The first kappa shape index (κ1) is 12.5. The molecule has 1 saturated heterocycles. The van der Waals surface area contributed by atoms with Crippen LogP contribution in [0.25, 0.3) is 0 Å². The van der Waals surface area contributed by atoms with Gasteiger partial charge in [-0.25, -0.2) is 4.39 Å². The highest BCUT2D eigenvalue weighted by atomic mass is 19.1. The number of ether oxygens (including phenoxy) is 1. The summed E-state index contributed by atoms with van der Waals surface area (Å²) in [4.78, 5) is 11.9. The normalized spacial score (nSPS) is 22.5. The van der Waals surface area contributed by atoms with Gasteiger partial charge in [0, 0.05) is 12.3 Å². The Kier molecular flexibility index (Phi) is 3.58. The van der Waals surface area contributed by atoms with E-state index in [4.69, 9.17) is 10.00 Å². The monoisotopic (exact) mass is 248 g/mol. The van der Waals surface area contributed by atoms with Crippen LogP contribution in [0.2, 0.25) is 0 Å². The Hall–Kier alpha value is -1.93. The largest absolute Gasteiger partial charge is 0.368 e. The third kappa shape index (κ3) is 2.49. The minimum Gasteiger partial charge on any atom is -0.368 e. The third-order valence-corrected chi connectivity index (χ3v) is 3.00. The van der Waals surface area contributed by atoms with Crippen molar-refractivity contribution in [2.45, 2.75) is 19.4 Å². The molecule has 2 unspecified atom stereocenters. The van der Waals surface area contributed by atoms with E-state index in [1.807, 2.05) is 6.92 Å². The standard InChI is InChI=1S/C13H13FN2O2/c1-8-4-5-18-12(8)13(17)16-10-2-3-11(14)9(6-10)7-15/h2-3,6,8,12H,4-5H2,1H3,(H,16,17). The van der Waals surface area contributed by atoms with Crippen LogP contribution in [0.3, 0.4) is 0 Å². The van der Waals surface area contributed by atoms with Crippen molar-refractivity contribution in [1.29, 1.82) is 5.26 Å². The Morgan fingerprint density at radius 3 is 3.00 bits per heavy atom. The van der Waals surface area contributed by atoms with E-state index >= 15 is 0 Å². The molecule has 1 aromatic carbocycles. The minimum atomic E-state index is -0.596. The molecule has 0 aliphatic carbocycles. The van der Waals surface area contributed by atoms with E-state index in [1.165, 1.54) is 12.1 Å². The molecule has 0 bridgehead atoms. The van der Waals surface area contributed by atoms with Crippen LogP contribution in [0, 0.1) is 23.1 Å². The van der Waals surface area contributed by atoms with Gasteiger partial charge >= 0.3 is 0 Å². The maximum atomic E-state index is 13.1. The van der Waals surface area contributed by atoms with Crippen LogP contribution in [0.5, 0.6) is 0 Å². The average molecular weight is 248 g/mol. The first-order valence-corrected chi connectivity index (χ1v) is 5.74. The maximum Gasteiger partial charge on any atom is 0.253 e. The van der Waals surface area contributed by atoms with Gasteiger partial charge in [0.1, 0.15) is 18.0 Å². The molecule has 1 aromatic rings. The number of carbonyl (C=O) groups excluding carboxylic acids is 1. The summed E-state index contributed by atoms with van der Waals surface area (Å²) in [6, 6.07) is 5.63. The second-order valence-corrected chi connectivity index (χ2v) is 4.35. The smallest absolute Gasteiger partial charge is 0.253 e. The van der Waals surface area contributed by atoms with Crippen molar-refractivity contribution >= 4 is 11.6 Å². The Bertz CT molecular complexity index is 510. The van der Waals surface area contributed by atoms with Crippen molar-refractivity contribution in [2.24, 2.45) is 5.92 Å². The van der Waals surface area contributed by atoms with Crippen LogP contribution in [0.15, 0.2) is 18.2 Å². The Labute approximate surface area is 104 Å². The first-order valence-electron chi connectivity index (χ1n) is 5.74. The van der Waals surface area contributed by atoms with Gasteiger partial charge in [-0.2, -0.15) is 5.26 Å². The van der Waals surface area contributed by atoms with Gasteiger partial charge in [0.05, 0.1) is 5.56 Å². The summed E-state index contributed by atoms with van der Waals surface area (Å²) in [5.74, 6) is -0.683. The molecule has 0 spiro atoms. The van der Waals surface area contributed by atoms with E-state index in [1.54, 1.807) is 6.07 Å². The zero-order valence-electron chi connectivity index (χ0n) is 9.94. The molecular formula is C13H13FN2O2. The van der Waals surface area contributed by atoms with Gasteiger partial charge in [-0.15, -0.1) is 0 Å². The average Bonchev–Trinajstić information content (AvgIpc) is 2.78. The van der Waals surface area contributed by atoms with Crippen molar-refractivity contribution in [3.63, 3.8) is 0 Å². The molecule has 1 amide bonds. The number of anilines is 1. The molecule has 2 rings (SSSR count). The SMILES string of the molecule is CC1CCOC1C(=O)Nc1ccc(F)c(C#N)c1. The number of amides is 1. The van der Waals surface area contributed by atoms with E-state index in [9.17, 15) is 9.18 Å². The van der Waals surface area contributed by atoms with Crippen LogP contribution in [0.1, 0.15) is 18.9 Å². The summed E-state index contributed by atoms with van der Waals surface area (Å²) in [6.07, 6.45) is 0.380. The Morgan fingerprint density at radius 2 is 2.39 bits per heavy atom. The fourth-order valence-electron chi connectivity index (χ4n) is 1.93. The van der Waals surface area contributed by atoms with Crippen molar-refractivity contribution in [1.82, 2.24) is 0 Å². The molecule has 0 aromatic heterocycles. The van der Waals surface area contributed by atoms with E-state index in [2.05, 4.69) is 5.32 Å². The quantitative estimate of drug-likeness (QED) is 0.871. The lowest BCUT2D eigenvalue weighted by atomic mass is 10.0. The fourth-order valence-corrected chi connectivity index (χ4v) is 1.93. The van der Waals surface area contributed by atoms with Gasteiger partial charge in [-0.3, -0.25) is 4.79 Å². The van der Waals surface area contributed by atoms with E-state index in [0.29, 0.717) is 12.3 Å². The summed E-state index contributed by atoms with van der Waals surface area (Å²) in [5, 5.41) is 11.3. The molecule has 94 valence electrons. The highest BCUT2D eigenvalue weighted by Crippen LogP contribution is 2.22. The number of nitrogens with zero attached hydrogens (tertiary/aromatic N) is 1. The second-order valence-electron chi connectivity index (χ2n) is 4.35. The minimum absolute atomic E-state index is 0.0896. The fraction of sp³-hybridized carbons (Fsp3) is 0.385. The van der Waals surface area contributed by atoms with Crippen molar-refractivity contribution in [3.05, 3.63) is 29.6 Å². The number of rotatable bonds is 2. The molecule has 2 atom stereocenters. The molecule has 1 fully saturated rings. The molecule has 0 radical (unpaired) electrons. The molecule has 1 heterocycles. The van der Waals surface area contributed by atoms with Gasteiger partial charge in [0.25, 0.3) is 5.91 Å².